The number of nitrogens with zero attached hydrogens (tertiary/aromatic N) is 3. The van der Waals surface area contributed by atoms with Gasteiger partial charge in [-0.3, -0.25) is 14.5 Å². The van der Waals surface area contributed by atoms with Crippen LogP contribution in [0.2, 0.25) is 0 Å². The first kappa shape index (κ1) is 55.4. The van der Waals surface area contributed by atoms with Crippen molar-refractivity contribution in [2.75, 3.05) is 37.2 Å². The van der Waals surface area contributed by atoms with Crippen molar-refractivity contribution in [3.63, 3.8) is 0 Å². The van der Waals surface area contributed by atoms with Crippen LogP contribution in [-0.4, -0.2) is 82.8 Å². The number of anilines is 1. The zero-order chi connectivity index (χ0) is 56.0. The molecule has 0 spiro atoms. The van der Waals surface area contributed by atoms with E-state index in [4.69, 9.17) is 40.8 Å². The van der Waals surface area contributed by atoms with E-state index in [0.717, 1.165) is 33.4 Å². The number of ether oxygens (including phenoxy) is 3. The van der Waals surface area contributed by atoms with Crippen LogP contribution in [0.15, 0.2) is 240 Å². The van der Waals surface area contributed by atoms with Crippen LogP contribution in [0.5, 0.6) is 5.75 Å². The summed E-state index contributed by atoms with van der Waals surface area (Å²) >= 11 is 8.33. The molecule has 0 radical (unpaired) electrons. The molecule has 10 rings (SSSR count). The molecule has 7 aromatic carbocycles. The monoisotopic (exact) mass is 1130 g/mol. The summed E-state index contributed by atoms with van der Waals surface area (Å²) in [5, 5.41) is 15.6. The first-order chi connectivity index (χ1) is 39.7. The Balaban J connectivity index is 1.03. The van der Waals surface area contributed by atoms with Gasteiger partial charge >= 0.3 is 12.1 Å². The Morgan fingerprint density at radius 1 is 0.716 bits per heavy atom. The second-order valence-electron chi connectivity index (χ2n) is 18.6. The molecule has 1 saturated heterocycles. The molecule has 2 aliphatic heterocycles. The average molecular weight is 1140 g/mol. The Hall–Kier alpha value is -8.96. The molecule has 0 saturated carbocycles. The predicted molar refractivity (Wildman–Crippen MR) is 316 cm³/mol. The van der Waals surface area contributed by atoms with Crippen molar-refractivity contribution < 1.29 is 38.2 Å². The topological polar surface area (TPSA) is 170 Å². The summed E-state index contributed by atoms with van der Waals surface area (Å²) in [6, 6.07) is 65.1. The second-order valence-corrected chi connectivity index (χ2v) is 20.9. The SMILES string of the molecule is COc1ccc(COC(=O)C2=C(/C=C\COC(=O)NCCCl)CS[C@H]3C(NC(=O)/C(=N\OC(c4ccccc4)(c4ccccc4)c4ccccc4)c4csc(NC(c5ccccc5)(c5ccccc5)c5ccccc5)n4)C(=O)N23)cc1. The molecule has 408 valence electrons. The van der Waals surface area contributed by atoms with Crippen LogP contribution in [0.1, 0.15) is 44.6 Å². The molecular weight excluding hydrogens is 1080 g/mol. The number of halogens is 1. The number of alkyl carbamates (subject to hydrolysis) is 1. The van der Waals surface area contributed by atoms with Gasteiger partial charge in [-0.15, -0.1) is 34.7 Å². The van der Waals surface area contributed by atoms with Gasteiger partial charge in [0.2, 0.25) is 5.60 Å². The molecule has 2 atom stereocenters. The van der Waals surface area contributed by atoms with E-state index < -0.39 is 46.4 Å². The predicted octanol–water partition coefficient (Wildman–Crippen LogP) is 11.2. The normalized spacial score (nSPS) is 15.3. The van der Waals surface area contributed by atoms with E-state index in [9.17, 15) is 14.4 Å². The van der Waals surface area contributed by atoms with Crippen LogP contribution in [0.25, 0.3) is 0 Å². The Bertz CT molecular complexity index is 3350. The second kappa shape index (κ2) is 25.9. The zero-order valence-electron chi connectivity index (χ0n) is 43.9. The Morgan fingerprint density at radius 2 is 1.23 bits per heavy atom. The Morgan fingerprint density at radius 3 is 1.74 bits per heavy atom. The van der Waals surface area contributed by atoms with Crippen molar-refractivity contribution in [1.29, 1.82) is 0 Å². The largest absolute Gasteiger partial charge is 0.497 e. The standard InChI is InChI=1S/C64H55ClN6O8S2/c1-76-52-36-34-44(35-37-52)41-78-60(74)56-45(21-20-40-77-62(75)66-39-38-65)42-80-59-55(58(73)71(56)59)68-57(72)54(70-79-64(49-28-14-5-15-29-49,50-30-16-6-17-31-50)51-32-18-7-19-33-51)53-43-81-61(67-53)69-63(46-22-8-2-9-23-46,47-24-10-3-11-25-47)48-26-12-4-13-27-48/h2-37,43,55,59H,38-42H2,1H3,(H,66,75)(H,67,69)(H,68,72)/b21-20-,70-54-/t55?,59-/m0/s1. The smallest absolute Gasteiger partial charge is 0.407 e. The van der Waals surface area contributed by atoms with Crippen LogP contribution < -0.4 is 20.7 Å². The third-order valence-corrected chi connectivity index (χ3v) is 15.9. The van der Waals surface area contributed by atoms with Crippen LogP contribution in [0.4, 0.5) is 9.93 Å². The lowest BCUT2D eigenvalue weighted by Crippen LogP contribution is -2.71. The number of amides is 3. The highest BCUT2D eigenvalue weighted by Gasteiger charge is 2.55. The number of alkyl halides is 1. The van der Waals surface area contributed by atoms with Gasteiger partial charge in [0.25, 0.3) is 11.8 Å². The number of β-lactam (4-membered cyclic amide) rings is 1. The highest BCUT2D eigenvalue weighted by molar-refractivity contribution is 8.00. The molecule has 3 N–H and O–H groups in total. The van der Waals surface area contributed by atoms with Gasteiger partial charge < -0.3 is 35.0 Å². The molecule has 0 bridgehead atoms. The maximum Gasteiger partial charge on any atom is 0.407 e. The van der Waals surface area contributed by atoms with Gasteiger partial charge in [0.15, 0.2) is 10.8 Å². The van der Waals surface area contributed by atoms with Crippen LogP contribution >= 0.6 is 34.7 Å². The van der Waals surface area contributed by atoms with Crippen molar-refractivity contribution in [2.45, 2.75) is 29.2 Å². The first-order valence-electron chi connectivity index (χ1n) is 26.0. The third kappa shape index (κ3) is 12.0. The molecule has 2 aliphatic rings. The number of rotatable bonds is 22. The van der Waals surface area contributed by atoms with Gasteiger partial charge in [-0.1, -0.05) is 205 Å². The number of esters is 1. The molecule has 1 aromatic heterocycles. The number of carbonyl (C=O) groups is 4. The van der Waals surface area contributed by atoms with Gasteiger partial charge in [0, 0.05) is 40.2 Å². The summed E-state index contributed by atoms with van der Waals surface area (Å²) in [6.45, 7) is -0.00310. The average Bonchev–Trinajstić information content (AvgIpc) is 4.17. The molecule has 1 unspecified atom stereocenters. The minimum absolute atomic E-state index is 0.00450. The zero-order valence-corrected chi connectivity index (χ0v) is 46.2. The molecule has 8 aromatic rings. The minimum Gasteiger partial charge on any atom is -0.497 e. The van der Waals surface area contributed by atoms with Crippen molar-refractivity contribution in [3.8, 4) is 5.75 Å². The first-order valence-corrected chi connectivity index (χ1v) is 28.4. The molecule has 3 heterocycles. The lowest BCUT2D eigenvalue weighted by atomic mass is 9.77. The molecule has 17 heteroatoms. The number of hydrogen-bond donors (Lipinski definition) is 3. The van der Waals surface area contributed by atoms with Crippen molar-refractivity contribution >= 4 is 69.4 Å². The molecule has 1 fully saturated rings. The number of oxime groups is 1. The van der Waals surface area contributed by atoms with Crippen molar-refractivity contribution in [2.24, 2.45) is 5.16 Å². The minimum atomic E-state index is -1.40. The number of thioether (sulfide) groups is 1. The highest BCUT2D eigenvalue weighted by Crippen LogP contribution is 2.44. The van der Waals surface area contributed by atoms with E-state index in [0.29, 0.717) is 22.0 Å². The lowest BCUT2D eigenvalue weighted by Gasteiger charge is -2.49. The fourth-order valence-corrected chi connectivity index (χ4v) is 12.0. The number of methoxy groups -OCH3 is 1. The summed E-state index contributed by atoms with van der Waals surface area (Å²) in [7, 11) is 1.56. The van der Waals surface area contributed by atoms with Crippen molar-refractivity contribution in [1.82, 2.24) is 20.5 Å². The molecule has 3 amide bonds. The van der Waals surface area contributed by atoms with Gasteiger partial charge in [-0.05, 0) is 46.0 Å². The van der Waals surface area contributed by atoms with Gasteiger partial charge in [0.05, 0.1) is 7.11 Å². The fraction of sp³-hybridized carbons (Fsp3) is 0.156. The summed E-state index contributed by atoms with van der Waals surface area (Å²) in [5.74, 6) is -0.997. The number of benzene rings is 7. The van der Waals surface area contributed by atoms with Crippen LogP contribution in [0, 0.1) is 0 Å². The maximum absolute atomic E-state index is 15.4. The highest BCUT2D eigenvalue weighted by atomic mass is 35.5. The quantitative estimate of drug-likeness (QED) is 0.0147. The number of thiazole rings is 1. The number of fused-ring (bicyclic) bond motifs is 1. The number of hydrogen-bond acceptors (Lipinski definition) is 13. The van der Waals surface area contributed by atoms with E-state index in [-0.39, 0.29) is 48.5 Å². The van der Waals surface area contributed by atoms with Gasteiger partial charge in [-0.2, -0.15) is 0 Å². The summed E-state index contributed by atoms with van der Waals surface area (Å²) in [5.41, 5.74) is 3.78. The molecule has 14 nitrogen and oxygen atoms in total. The molecule has 81 heavy (non-hydrogen) atoms. The molecule has 0 aliphatic carbocycles. The van der Waals surface area contributed by atoms with Crippen molar-refractivity contribution in [3.05, 3.63) is 280 Å². The number of carbonyl (C=O) groups excluding carboxylic acids is 4. The Labute approximate surface area is 482 Å². The summed E-state index contributed by atoms with van der Waals surface area (Å²) in [6.07, 6.45) is 2.53. The number of nitrogens with one attached hydrogen (secondary N) is 3. The summed E-state index contributed by atoms with van der Waals surface area (Å²) < 4.78 is 16.4. The van der Waals surface area contributed by atoms with Crippen LogP contribution in [-0.2, 0) is 46.4 Å². The van der Waals surface area contributed by atoms with E-state index in [1.807, 2.05) is 146 Å². The lowest BCUT2D eigenvalue weighted by molar-refractivity contribution is -0.153. The number of aromatic nitrogens is 1. The van der Waals surface area contributed by atoms with E-state index in [1.54, 1.807) is 48.9 Å². The van der Waals surface area contributed by atoms with E-state index >= 15 is 4.79 Å². The molecular formula is C64H55ClN6O8S2. The van der Waals surface area contributed by atoms with Gasteiger partial charge in [-0.25, -0.2) is 14.6 Å². The fourth-order valence-electron chi connectivity index (χ4n) is 9.80. The van der Waals surface area contributed by atoms with E-state index in [2.05, 4.69) is 52.3 Å². The van der Waals surface area contributed by atoms with E-state index in [1.165, 1.54) is 28.0 Å². The Kier molecular flexibility index (Phi) is 17.7. The number of allylic oxidation sites excluding steroid dienone is 1. The third-order valence-electron chi connectivity index (χ3n) is 13.7. The van der Waals surface area contributed by atoms with Crippen LogP contribution in [0.3, 0.4) is 0 Å². The summed E-state index contributed by atoms with van der Waals surface area (Å²) in [4.78, 5) is 69.9. The van der Waals surface area contributed by atoms with Gasteiger partial charge in [0.1, 0.15) is 47.3 Å². The maximum atomic E-state index is 15.4.